The summed E-state index contributed by atoms with van der Waals surface area (Å²) in [5.74, 6) is 0. The highest BCUT2D eigenvalue weighted by Gasteiger charge is 2.49. The van der Waals surface area contributed by atoms with E-state index in [2.05, 4.69) is 37.0 Å². The van der Waals surface area contributed by atoms with E-state index in [1.165, 1.54) is 0 Å². The molecule has 1 saturated heterocycles. The predicted octanol–water partition coefficient (Wildman–Crippen LogP) is 4.60. The molecule has 0 unspecified atom stereocenters. The van der Waals surface area contributed by atoms with E-state index in [0.29, 0.717) is 0 Å². The van der Waals surface area contributed by atoms with Crippen LogP contribution >= 0.6 is 31.2 Å². The van der Waals surface area contributed by atoms with Crippen molar-refractivity contribution >= 4 is 54.8 Å². The SMILES string of the molecule is CCN(CC)P1(=S)SP(=S)(N(CC)CC)S1. The molecule has 1 fully saturated rings. The second-order valence-corrected chi connectivity index (χ2v) is 24.3. The monoisotopic (exact) mass is 334 g/mol. The first-order valence-corrected chi connectivity index (χ1v) is 15.2. The molecule has 1 heterocycles. The quantitative estimate of drug-likeness (QED) is 0.650. The normalized spacial score (nSPS) is 34.4. The van der Waals surface area contributed by atoms with Gasteiger partial charge in [-0.15, -0.1) is 0 Å². The lowest BCUT2D eigenvalue weighted by Crippen LogP contribution is -2.23. The van der Waals surface area contributed by atoms with Crippen LogP contribution in [0.1, 0.15) is 27.7 Å². The summed E-state index contributed by atoms with van der Waals surface area (Å²) in [6.45, 7) is 13.0. The summed E-state index contributed by atoms with van der Waals surface area (Å²) in [7, 11) is 0. The van der Waals surface area contributed by atoms with Crippen molar-refractivity contribution < 1.29 is 0 Å². The lowest BCUT2D eigenvalue weighted by atomic mass is 10.7. The average molecular weight is 334 g/mol. The third-order valence-electron chi connectivity index (χ3n) is 2.57. The first-order chi connectivity index (χ1) is 7.45. The maximum absolute atomic E-state index is 5.81. The number of hydrogen-bond acceptors (Lipinski definition) is 4. The van der Waals surface area contributed by atoms with Gasteiger partial charge >= 0.3 is 0 Å². The minimum Gasteiger partial charge on any atom is -0.259 e. The lowest BCUT2D eigenvalue weighted by molar-refractivity contribution is 0.515. The largest absolute Gasteiger partial charge is 0.259 e. The van der Waals surface area contributed by atoms with Crippen LogP contribution in [0.4, 0.5) is 0 Å². The molecular weight excluding hydrogens is 314 g/mol. The fourth-order valence-electron chi connectivity index (χ4n) is 1.61. The molecule has 0 amide bonds. The Morgan fingerprint density at radius 1 is 0.750 bits per heavy atom. The van der Waals surface area contributed by atoms with E-state index < -0.39 is 9.18 Å². The van der Waals surface area contributed by atoms with Gasteiger partial charge in [-0.25, -0.2) is 0 Å². The summed E-state index contributed by atoms with van der Waals surface area (Å²) in [6.07, 6.45) is 0. The maximum Gasteiger partial charge on any atom is 0.133 e. The van der Waals surface area contributed by atoms with Crippen LogP contribution in [0.3, 0.4) is 0 Å². The van der Waals surface area contributed by atoms with Crippen molar-refractivity contribution in [3.8, 4) is 0 Å². The van der Waals surface area contributed by atoms with Crippen molar-refractivity contribution in [1.29, 1.82) is 0 Å². The zero-order chi connectivity index (χ0) is 12.4. The summed E-state index contributed by atoms with van der Waals surface area (Å²) < 4.78 is 2.07. The first-order valence-electron chi connectivity index (χ1n) is 5.59. The molecule has 8 heteroatoms. The van der Waals surface area contributed by atoms with Crippen LogP contribution in [0.15, 0.2) is 0 Å². The van der Waals surface area contributed by atoms with E-state index in [9.17, 15) is 0 Å². The third-order valence-corrected chi connectivity index (χ3v) is 34.4. The molecule has 1 aliphatic heterocycles. The van der Waals surface area contributed by atoms with Gasteiger partial charge in [-0.3, -0.25) is 9.34 Å². The molecule has 0 aromatic carbocycles. The Kier molecular flexibility index (Phi) is 6.37. The summed E-state index contributed by atoms with van der Waals surface area (Å²) >= 11 is 15.5. The van der Waals surface area contributed by atoms with E-state index in [4.69, 9.17) is 23.6 Å². The van der Waals surface area contributed by atoms with Crippen molar-refractivity contribution in [2.24, 2.45) is 0 Å². The zero-order valence-electron chi connectivity index (χ0n) is 10.3. The first kappa shape index (κ1) is 16.0. The van der Waals surface area contributed by atoms with Crippen molar-refractivity contribution in [3.63, 3.8) is 0 Å². The minimum atomic E-state index is -1.40. The average Bonchev–Trinajstić information content (AvgIpc) is 2.18. The molecule has 2 nitrogen and oxygen atoms in total. The Morgan fingerprint density at radius 3 is 1.19 bits per heavy atom. The summed E-state index contributed by atoms with van der Waals surface area (Å²) in [5, 5.41) is 0. The molecule has 0 bridgehead atoms. The molecule has 0 aromatic rings. The van der Waals surface area contributed by atoms with Gasteiger partial charge in [-0.1, -0.05) is 51.3 Å². The Labute approximate surface area is 117 Å². The minimum absolute atomic E-state index is 1.06. The number of nitrogens with zero attached hydrogens (tertiary/aromatic N) is 2. The van der Waals surface area contributed by atoms with Gasteiger partial charge < -0.3 is 0 Å². The Bertz CT molecular complexity index is 284. The Morgan fingerprint density at radius 2 is 1.00 bits per heavy atom. The van der Waals surface area contributed by atoms with Crippen molar-refractivity contribution in [3.05, 3.63) is 0 Å². The third kappa shape index (κ3) is 3.08. The summed E-state index contributed by atoms with van der Waals surface area (Å²) in [6, 6.07) is 0. The van der Waals surface area contributed by atoms with Gasteiger partial charge in [0.2, 0.25) is 0 Å². The number of hydrogen-bond donors (Lipinski definition) is 0. The molecule has 0 aliphatic carbocycles. The highest BCUT2D eigenvalue weighted by molar-refractivity contribution is 9.45. The van der Waals surface area contributed by atoms with E-state index in [-0.39, 0.29) is 0 Å². The van der Waals surface area contributed by atoms with Crippen LogP contribution in [-0.2, 0) is 23.6 Å². The van der Waals surface area contributed by atoms with Crippen LogP contribution in [0.25, 0.3) is 0 Å². The highest BCUT2D eigenvalue weighted by Crippen LogP contribution is 3.06. The molecule has 1 aliphatic rings. The van der Waals surface area contributed by atoms with E-state index >= 15 is 0 Å². The molecular formula is C8H20N2P2S4. The Hall–Kier alpha value is 1.92. The van der Waals surface area contributed by atoms with Gasteiger partial charge in [0.15, 0.2) is 0 Å². The van der Waals surface area contributed by atoms with Crippen LogP contribution in [-0.4, -0.2) is 35.5 Å². The highest BCUT2D eigenvalue weighted by atomic mass is 33.7. The molecule has 96 valence electrons. The second kappa shape index (κ2) is 6.38. The molecule has 0 aromatic heterocycles. The molecule has 0 radical (unpaired) electrons. The second-order valence-electron chi connectivity index (χ2n) is 3.38. The Balaban J connectivity index is 2.72. The van der Waals surface area contributed by atoms with Crippen LogP contribution in [0, 0.1) is 0 Å². The molecule has 16 heavy (non-hydrogen) atoms. The van der Waals surface area contributed by atoms with E-state index in [1.807, 2.05) is 22.0 Å². The van der Waals surface area contributed by atoms with Gasteiger partial charge in [0.25, 0.3) is 0 Å². The van der Waals surface area contributed by atoms with Gasteiger partial charge in [-0.05, 0) is 22.0 Å². The predicted molar refractivity (Wildman–Crippen MR) is 89.6 cm³/mol. The van der Waals surface area contributed by atoms with Crippen molar-refractivity contribution in [2.45, 2.75) is 27.7 Å². The van der Waals surface area contributed by atoms with E-state index in [0.717, 1.165) is 26.2 Å². The topological polar surface area (TPSA) is 6.48 Å². The lowest BCUT2D eigenvalue weighted by Gasteiger charge is -2.49. The maximum atomic E-state index is 5.81. The van der Waals surface area contributed by atoms with Crippen LogP contribution in [0.5, 0.6) is 0 Å². The van der Waals surface area contributed by atoms with Gasteiger partial charge in [0.05, 0.1) is 0 Å². The summed E-state index contributed by atoms with van der Waals surface area (Å²) in [4.78, 5) is 0. The van der Waals surface area contributed by atoms with Gasteiger partial charge in [-0.2, -0.15) is 0 Å². The zero-order valence-corrected chi connectivity index (χ0v) is 15.3. The van der Waals surface area contributed by atoms with Crippen molar-refractivity contribution in [1.82, 2.24) is 9.34 Å². The molecule has 0 saturated carbocycles. The van der Waals surface area contributed by atoms with Crippen LogP contribution < -0.4 is 0 Å². The fraction of sp³-hybridized carbons (Fsp3) is 1.00. The number of rotatable bonds is 6. The van der Waals surface area contributed by atoms with Crippen LogP contribution in [0.2, 0.25) is 0 Å². The van der Waals surface area contributed by atoms with Crippen molar-refractivity contribution in [2.75, 3.05) is 26.2 Å². The fourth-order valence-corrected chi connectivity index (χ4v) is 45.3. The smallest absolute Gasteiger partial charge is 0.133 e. The summed E-state index contributed by atoms with van der Waals surface area (Å²) in [5.41, 5.74) is 0. The van der Waals surface area contributed by atoms with E-state index in [1.54, 1.807) is 0 Å². The van der Waals surface area contributed by atoms with Gasteiger partial charge in [0.1, 0.15) is 9.18 Å². The van der Waals surface area contributed by atoms with Gasteiger partial charge in [0, 0.05) is 26.2 Å². The molecule has 0 spiro atoms. The molecule has 0 atom stereocenters. The standard InChI is InChI=1S/C8H20N2P2S4/c1-5-9(6-2)11(13)15-12(14,16-11)10(7-3)8-4/h5-8H2,1-4H3. The molecule has 0 N–H and O–H groups in total. The molecule has 1 rings (SSSR count).